The molecule has 2 unspecified atom stereocenters. The molecule has 0 spiro atoms. The standard InChI is InChI=1S/C16H25N3O2.2ClH/c1-5-21-13-8-16(17,15(13,3)4)14(20)19-10-12-7-6-11(2)18-9-12;;/h6-7,9,13H,5,8,10,17H2,1-4H3,(H,19,20);2*1H. The van der Waals surface area contributed by atoms with Crippen molar-refractivity contribution < 1.29 is 9.53 Å². The third kappa shape index (κ3) is 4.15. The van der Waals surface area contributed by atoms with E-state index in [2.05, 4.69) is 10.3 Å². The van der Waals surface area contributed by atoms with Crippen molar-refractivity contribution in [3.8, 4) is 0 Å². The summed E-state index contributed by atoms with van der Waals surface area (Å²) < 4.78 is 5.64. The highest BCUT2D eigenvalue weighted by molar-refractivity contribution is 5.88. The highest BCUT2D eigenvalue weighted by Crippen LogP contribution is 2.49. The number of nitrogens with two attached hydrogens (primary N) is 1. The fourth-order valence-electron chi connectivity index (χ4n) is 2.76. The van der Waals surface area contributed by atoms with Gasteiger partial charge in [-0.15, -0.1) is 24.8 Å². The number of carbonyl (C=O) groups excluding carboxylic acids is 1. The molecule has 0 radical (unpaired) electrons. The van der Waals surface area contributed by atoms with Gasteiger partial charge in [0.1, 0.15) is 5.54 Å². The van der Waals surface area contributed by atoms with Crippen LogP contribution in [0.3, 0.4) is 0 Å². The molecule has 5 nitrogen and oxygen atoms in total. The number of rotatable bonds is 5. The van der Waals surface area contributed by atoms with E-state index in [1.807, 2.05) is 39.8 Å². The Bertz CT molecular complexity index is 523. The van der Waals surface area contributed by atoms with Crippen molar-refractivity contribution in [3.05, 3.63) is 29.6 Å². The third-order valence-corrected chi connectivity index (χ3v) is 4.66. The highest BCUT2D eigenvalue weighted by Gasteiger charge is 2.62. The smallest absolute Gasteiger partial charge is 0.241 e. The summed E-state index contributed by atoms with van der Waals surface area (Å²) in [5.74, 6) is -0.121. The number of amides is 1. The first-order valence-corrected chi connectivity index (χ1v) is 7.41. The van der Waals surface area contributed by atoms with Gasteiger partial charge < -0.3 is 15.8 Å². The molecule has 3 N–H and O–H groups in total. The number of halogens is 2. The molecule has 1 saturated carbocycles. The molecule has 1 amide bonds. The Morgan fingerprint density at radius 1 is 1.43 bits per heavy atom. The van der Waals surface area contributed by atoms with E-state index in [0.29, 0.717) is 19.6 Å². The van der Waals surface area contributed by atoms with E-state index in [-0.39, 0.29) is 42.2 Å². The summed E-state index contributed by atoms with van der Waals surface area (Å²) in [6.07, 6.45) is 2.37. The first-order valence-electron chi connectivity index (χ1n) is 7.41. The van der Waals surface area contributed by atoms with Crippen molar-refractivity contribution in [3.63, 3.8) is 0 Å². The van der Waals surface area contributed by atoms with Gasteiger partial charge in [-0.05, 0) is 25.5 Å². The van der Waals surface area contributed by atoms with E-state index in [1.54, 1.807) is 6.20 Å². The zero-order chi connectivity index (χ0) is 15.7. The quantitative estimate of drug-likeness (QED) is 0.841. The fraction of sp³-hybridized carbons (Fsp3) is 0.625. The molecule has 2 rings (SSSR count). The number of pyridine rings is 1. The molecule has 7 heteroatoms. The van der Waals surface area contributed by atoms with Crippen LogP contribution in [0.2, 0.25) is 0 Å². The van der Waals surface area contributed by atoms with Crippen LogP contribution in [-0.4, -0.2) is 29.1 Å². The molecule has 1 aromatic heterocycles. The van der Waals surface area contributed by atoms with Gasteiger partial charge in [-0.25, -0.2) is 0 Å². The molecule has 0 aromatic carbocycles. The van der Waals surface area contributed by atoms with Gasteiger partial charge in [0.05, 0.1) is 6.10 Å². The van der Waals surface area contributed by atoms with E-state index >= 15 is 0 Å². The average Bonchev–Trinajstić information content (AvgIpc) is 2.45. The lowest BCUT2D eigenvalue weighted by Gasteiger charge is -2.57. The van der Waals surface area contributed by atoms with Crippen molar-refractivity contribution in [2.45, 2.75) is 52.3 Å². The Labute approximate surface area is 150 Å². The number of nitrogens with one attached hydrogen (secondary N) is 1. The van der Waals surface area contributed by atoms with E-state index in [9.17, 15) is 4.79 Å². The molecule has 1 heterocycles. The minimum Gasteiger partial charge on any atom is -0.378 e. The predicted molar refractivity (Wildman–Crippen MR) is 96.0 cm³/mol. The van der Waals surface area contributed by atoms with Gasteiger partial charge in [-0.2, -0.15) is 0 Å². The molecular formula is C16H27Cl2N3O2. The largest absolute Gasteiger partial charge is 0.378 e. The van der Waals surface area contributed by atoms with Crippen LogP contribution in [-0.2, 0) is 16.1 Å². The van der Waals surface area contributed by atoms with Crippen molar-refractivity contribution in [1.82, 2.24) is 10.3 Å². The van der Waals surface area contributed by atoms with Crippen molar-refractivity contribution in [2.75, 3.05) is 6.61 Å². The molecule has 1 aliphatic rings. The van der Waals surface area contributed by atoms with Crippen molar-refractivity contribution in [2.24, 2.45) is 11.1 Å². The second-order valence-corrected chi connectivity index (χ2v) is 6.33. The molecular weight excluding hydrogens is 337 g/mol. The number of ether oxygens (including phenoxy) is 1. The Morgan fingerprint density at radius 3 is 2.57 bits per heavy atom. The number of aromatic nitrogens is 1. The second kappa shape index (κ2) is 8.29. The third-order valence-electron chi connectivity index (χ3n) is 4.66. The summed E-state index contributed by atoms with van der Waals surface area (Å²) in [7, 11) is 0. The summed E-state index contributed by atoms with van der Waals surface area (Å²) in [5, 5.41) is 2.92. The van der Waals surface area contributed by atoms with Gasteiger partial charge >= 0.3 is 0 Å². The highest BCUT2D eigenvalue weighted by atomic mass is 35.5. The molecule has 2 atom stereocenters. The van der Waals surface area contributed by atoms with Crippen LogP contribution in [0.15, 0.2) is 18.3 Å². The molecule has 132 valence electrons. The lowest BCUT2D eigenvalue weighted by Crippen LogP contribution is -2.75. The summed E-state index contributed by atoms with van der Waals surface area (Å²) in [6.45, 7) is 8.95. The Hall–Kier alpha value is -0.880. The first kappa shape index (κ1) is 22.1. The number of hydrogen-bond donors (Lipinski definition) is 2. The summed E-state index contributed by atoms with van der Waals surface area (Å²) in [5.41, 5.74) is 7.02. The molecule has 1 aliphatic carbocycles. The maximum Gasteiger partial charge on any atom is 0.241 e. The van der Waals surface area contributed by atoms with E-state index < -0.39 is 5.54 Å². The van der Waals surface area contributed by atoms with Crippen LogP contribution in [0, 0.1) is 12.3 Å². The molecule has 1 aromatic rings. The number of carbonyl (C=O) groups is 1. The Kier molecular flexibility index (Phi) is 7.97. The van der Waals surface area contributed by atoms with E-state index in [1.165, 1.54) is 0 Å². The summed E-state index contributed by atoms with van der Waals surface area (Å²) >= 11 is 0. The molecule has 0 bridgehead atoms. The number of hydrogen-bond acceptors (Lipinski definition) is 4. The van der Waals surface area contributed by atoms with Crippen LogP contribution in [0.25, 0.3) is 0 Å². The van der Waals surface area contributed by atoms with E-state index in [0.717, 1.165) is 11.3 Å². The van der Waals surface area contributed by atoms with Crippen LogP contribution in [0.5, 0.6) is 0 Å². The number of aryl methyl sites for hydroxylation is 1. The maximum atomic E-state index is 12.4. The Morgan fingerprint density at radius 2 is 2.09 bits per heavy atom. The van der Waals surface area contributed by atoms with Gasteiger partial charge in [0, 0.05) is 36.9 Å². The molecule has 1 fully saturated rings. The SMILES string of the molecule is CCOC1CC(N)(C(=O)NCc2ccc(C)nc2)C1(C)C.Cl.Cl. The van der Waals surface area contributed by atoms with Crippen LogP contribution in [0.4, 0.5) is 0 Å². The number of nitrogens with zero attached hydrogens (tertiary/aromatic N) is 1. The minimum atomic E-state index is -0.870. The summed E-state index contributed by atoms with van der Waals surface area (Å²) in [6, 6.07) is 3.89. The monoisotopic (exact) mass is 363 g/mol. The van der Waals surface area contributed by atoms with E-state index in [4.69, 9.17) is 10.5 Å². The Balaban J connectivity index is 0.00000242. The van der Waals surface area contributed by atoms with Gasteiger partial charge in [0.25, 0.3) is 0 Å². The topological polar surface area (TPSA) is 77.2 Å². The zero-order valence-electron chi connectivity index (χ0n) is 14.1. The van der Waals surface area contributed by atoms with Gasteiger partial charge in [0.2, 0.25) is 5.91 Å². The summed E-state index contributed by atoms with van der Waals surface area (Å²) in [4.78, 5) is 16.7. The maximum absolute atomic E-state index is 12.4. The second-order valence-electron chi connectivity index (χ2n) is 6.33. The molecule has 0 aliphatic heterocycles. The van der Waals surface area contributed by atoms with Gasteiger partial charge in [-0.1, -0.05) is 19.9 Å². The van der Waals surface area contributed by atoms with Gasteiger partial charge in [0.15, 0.2) is 0 Å². The van der Waals surface area contributed by atoms with Gasteiger partial charge in [-0.3, -0.25) is 9.78 Å². The van der Waals surface area contributed by atoms with Crippen molar-refractivity contribution in [1.29, 1.82) is 0 Å². The first-order chi connectivity index (χ1) is 9.81. The predicted octanol–water partition coefficient (Wildman–Crippen LogP) is 2.38. The van der Waals surface area contributed by atoms with Crippen LogP contribution in [0.1, 0.15) is 38.4 Å². The fourth-order valence-corrected chi connectivity index (χ4v) is 2.76. The van der Waals surface area contributed by atoms with Crippen molar-refractivity contribution >= 4 is 30.7 Å². The normalized spacial score (nSPS) is 24.7. The lowest BCUT2D eigenvalue weighted by atomic mass is 9.54. The van der Waals surface area contributed by atoms with Crippen LogP contribution >= 0.6 is 24.8 Å². The zero-order valence-corrected chi connectivity index (χ0v) is 15.7. The van der Waals surface area contributed by atoms with Crippen LogP contribution < -0.4 is 11.1 Å². The lowest BCUT2D eigenvalue weighted by molar-refractivity contribution is -0.170. The molecule has 23 heavy (non-hydrogen) atoms. The average molecular weight is 364 g/mol. The molecule has 0 saturated heterocycles. The minimum absolute atomic E-state index is 0.